The molecule has 0 rings (SSSR count). The smallest absolute Gasteiger partial charge is 0.309 e. The van der Waals surface area contributed by atoms with Crippen molar-refractivity contribution in [3.05, 3.63) is 109 Å². The molecule has 364 valence electrons. The molecule has 5 nitrogen and oxygen atoms in total. The molecular weight excluding hydrogens is 789 g/mol. The van der Waals surface area contributed by atoms with E-state index in [1.54, 1.807) is 0 Å². The van der Waals surface area contributed by atoms with Gasteiger partial charge in [0.05, 0.1) is 13.0 Å². The van der Waals surface area contributed by atoms with E-state index in [4.69, 9.17) is 14.2 Å². The van der Waals surface area contributed by atoms with E-state index in [1.165, 1.54) is 103 Å². The first-order chi connectivity index (χ1) is 31.6. The van der Waals surface area contributed by atoms with E-state index in [0.717, 1.165) is 89.9 Å². The van der Waals surface area contributed by atoms with E-state index in [1.807, 2.05) is 12.2 Å². The summed E-state index contributed by atoms with van der Waals surface area (Å²) in [5, 5.41) is 0. The molecule has 0 aromatic carbocycles. The number of carbonyl (C=O) groups excluding carboxylic acids is 2. The second-order valence-electron chi connectivity index (χ2n) is 17.0. The predicted molar refractivity (Wildman–Crippen MR) is 279 cm³/mol. The van der Waals surface area contributed by atoms with Crippen LogP contribution in [0.15, 0.2) is 109 Å². The minimum Gasteiger partial charge on any atom is -0.461 e. The number of carbonyl (C=O) groups is 2. The Morgan fingerprint density at radius 2 is 0.750 bits per heavy atom. The highest BCUT2D eigenvalue weighted by Gasteiger charge is 2.17. The zero-order chi connectivity index (χ0) is 46.3. The number of hydrogen-bond donors (Lipinski definition) is 0. The van der Waals surface area contributed by atoms with Crippen LogP contribution >= 0.6 is 0 Å². The standard InChI is InChI=1S/C59H98O5/c1-4-7-10-13-16-19-22-25-28-29-30-33-36-39-42-45-48-51-54-62-55-57(64-59(61)53-50-47-44-41-38-35-32-27-24-21-18-15-12-9-6-3)56-63-58(60)52-49-46-43-40-37-34-31-26-23-20-17-14-11-8-5-2/h8-9,11-12,17-18,20-21,26-27,31-32,37-38,40-41,46,49,57H,4-7,10,13-16,19,22-25,28-30,33-36,39,42-45,47-48,50-56H2,1-3H3/b11-8-,12-9-,20-17-,21-18-,31-26-,32-27-,40-37-,41-38-,49-46-. The monoisotopic (exact) mass is 887 g/mol. The number of hydrogen-bond acceptors (Lipinski definition) is 5. The van der Waals surface area contributed by atoms with Crippen molar-refractivity contribution in [1.29, 1.82) is 0 Å². The largest absolute Gasteiger partial charge is 0.461 e. The fraction of sp³-hybridized carbons (Fsp3) is 0.661. The number of rotatable bonds is 47. The highest BCUT2D eigenvalue weighted by Crippen LogP contribution is 2.15. The topological polar surface area (TPSA) is 61.8 Å². The van der Waals surface area contributed by atoms with Crippen LogP contribution in [0, 0.1) is 0 Å². The molecule has 0 aliphatic carbocycles. The molecule has 0 heterocycles. The third-order valence-electron chi connectivity index (χ3n) is 10.8. The minimum atomic E-state index is -0.602. The van der Waals surface area contributed by atoms with E-state index in [2.05, 4.69) is 118 Å². The maximum absolute atomic E-state index is 12.8. The Morgan fingerprint density at radius 1 is 0.375 bits per heavy atom. The first-order valence-electron chi connectivity index (χ1n) is 26.4. The molecule has 0 aromatic heterocycles. The van der Waals surface area contributed by atoms with Gasteiger partial charge in [-0.3, -0.25) is 9.59 Å². The zero-order valence-electron chi connectivity index (χ0n) is 41.8. The second-order valence-corrected chi connectivity index (χ2v) is 17.0. The normalized spacial score (nSPS) is 13.1. The maximum Gasteiger partial charge on any atom is 0.309 e. The summed E-state index contributed by atoms with van der Waals surface area (Å²) < 4.78 is 17.3. The van der Waals surface area contributed by atoms with Gasteiger partial charge in [0.2, 0.25) is 0 Å². The molecule has 0 saturated heterocycles. The van der Waals surface area contributed by atoms with Crippen molar-refractivity contribution in [3.8, 4) is 0 Å². The van der Waals surface area contributed by atoms with Crippen molar-refractivity contribution in [3.63, 3.8) is 0 Å². The van der Waals surface area contributed by atoms with E-state index in [9.17, 15) is 9.59 Å². The average Bonchev–Trinajstić information content (AvgIpc) is 3.30. The molecule has 5 heteroatoms. The van der Waals surface area contributed by atoms with Gasteiger partial charge in [0, 0.05) is 13.0 Å². The Labute approximate surface area is 395 Å². The molecule has 0 spiro atoms. The van der Waals surface area contributed by atoms with Gasteiger partial charge in [0.15, 0.2) is 6.10 Å². The number of unbranched alkanes of at least 4 members (excludes halogenated alkanes) is 19. The van der Waals surface area contributed by atoms with Gasteiger partial charge >= 0.3 is 11.9 Å². The summed E-state index contributed by atoms with van der Waals surface area (Å²) in [6, 6.07) is 0. The SMILES string of the molecule is CC/C=C\C/C=C\C/C=C\C/C=C\C/C=C\CC(=O)OCC(COCCCCCCCCCCCCCCCCCCCC)OC(=O)CCCC/C=C\C/C=C\C/C=C\C/C=C\CC. The average molecular weight is 887 g/mol. The lowest BCUT2D eigenvalue weighted by Gasteiger charge is -2.18. The van der Waals surface area contributed by atoms with Crippen LogP contribution in [0.4, 0.5) is 0 Å². The van der Waals surface area contributed by atoms with Crippen molar-refractivity contribution >= 4 is 11.9 Å². The van der Waals surface area contributed by atoms with E-state index in [0.29, 0.717) is 13.0 Å². The van der Waals surface area contributed by atoms with Crippen LogP contribution in [0.5, 0.6) is 0 Å². The van der Waals surface area contributed by atoms with Crippen molar-refractivity contribution in [2.75, 3.05) is 19.8 Å². The number of esters is 2. The number of allylic oxidation sites excluding steroid dienone is 17. The molecule has 0 saturated carbocycles. The van der Waals surface area contributed by atoms with Crippen molar-refractivity contribution in [2.45, 2.75) is 232 Å². The summed E-state index contributed by atoms with van der Waals surface area (Å²) in [6.45, 7) is 7.46. The lowest BCUT2D eigenvalue weighted by Crippen LogP contribution is -2.30. The van der Waals surface area contributed by atoms with E-state index < -0.39 is 6.10 Å². The van der Waals surface area contributed by atoms with Crippen LogP contribution in [-0.4, -0.2) is 37.9 Å². The Hall–Kier alpha value is -3.44. The Morgan fingerprint density at radius 3 is 1.17 bits per heavy atom. The van der Waals surface area contributed by atoms with Crippen LogP contribution in [0.3, 0.4) is 0 Å². The summed E-state index contributed by atoms with van der Waals surface area (Å²) >= 11 is 0. The molecule has 64 heavy (non-hydrogen) atoms. The second kappa shape index (κ2) is 53.9. The van der Waals surface area contributed by atoms with Gasteiger partial charge in [0.25, 0.3) is 0 Å². The molecule has 1 unspecified atom stereocenters. The molecule has 1 atom stereocenters. The fourth-order valence-electron chi connectivity index (χ4n) is 6.99. The lowest BCUT2D eigenvalue weighted by atomic mass is 10.0. The number of ether oxygens (including phenoxy) is 3. The molecule has 0 bridgehead atoms. The molecule has 0 fully saturated rings. The van der Waals surface area contributed by atoms with Crippen LogP contribution in [-0.2, 0) is 23.8 Å². The summed E-state index contributed by atoms with van der Waals surface area (Å²) in [5.41, 5.74) is 0. The van der Waals surface area contributed by atoms with Gasteiger partial charge in [-0.15, -0.1) is 0 Å². The van der Waals surface area contributed by atoms with Crippen LogP contribution in [0.25, 0.3) is 0 Å². The third kappa shape index (κ3) is 51.2. The molecule has 0 aromatic rings. The van der Waals surface area contributed by atoms with Gasteiger partial charge in [-0.2, -0.15) is 0 Å². The zero-order valence-corrected chi connectivity index (χ0v) is 41.8. The minimum absolute atomic E-state index is 0.0103. The van der Waals surface area contributed by atoms with Crippen LogP contribution in [0.1, 0.15) is 226 Å². The summed E-state index contributed by atoms with van der Waals surface area (Å²) in [5.74, 6) is -0.593. The van der Waals surface area contributed by atoms with E-state index >= 15 is 0 Å². The van der Waals surface area contributed by atoms with E-state index in [-0.39, 0.29) is 31.6 Å². The van der Waals surface area contributed by atoms with Gasteiger partial charge in [0.1, 0.15) is 6.61 Å². The van der Waals surface area contributed by atoms with Crippen LogP contribution in [0.2, 0.25) is 0 Å². The lowest BCUT2D eigenvalue weighted by molar-refractivity contribution is -0.162. The van der Waals surface area contributed by atoms with Crippen LogP contribution < -0.4 is 0 Å². The molecule has 0 aliphatic heterocycles. The maximum atomic E-state index is 12.8. The van der Waals surface area contributed by atoms with Gasteiger partial charge in [-0.1, -0.05) is 239 Å². The first kappa shape index (κ1) is 60.6. The van der Waals surface area contributed by atoms with Crippen molar-refractivity contribution in [2.24, 2.45) is 0 Å². The Balaban J connectivity index is 4.43. The van der Waals surface area contributed by atoms with Gasteiger partial charge in [-0.25, -0.2) is 0 Å². The summed E-state index contributed by atoms with van der Waals surface area (Å²) in [7, 11) is 0. The van der Waals surface area contributed by atoms with Gasteiger partial charge < -0.3 is 14.2 Å². The van der Waals surface area contributed by atoms with Crippen molar-refractivity contribution < 1.29 is 23.8 Å². The molecule has 0 aliphatic rings. The van der Waals surface area contributed by atoms with Crippen molar-refractivity contribution in [1.82, 2.24) is 0 Å². The highest BCUT2D eigenvalue weighted by atomic mass is 16.6. The third-order valence-corrected chi connectivity index (χ3v) is 10.8. The Bertz CT molecular complexity index is 1280. The quantitative estimate of drug-likeness (QED) is 0.0346. The first-order valence-corrected chi connectivity index (χ1v) is 26.4. The molecule has 0 radical (unpaired) electrons. The predicted octanol–water partition coefficient (Wildman–Crippen LogP) is 18.0. The summed E-state index contributed by atoms with van der Waals surface area (Å²) in [4.78, 5) is 25.3. The fourth-order valence-corrected chi connectivity index (χ4v) is 6.99. The Kier molecular flexibility index (Phi) is 51.0. The molecule has 0 N–H and O–H groups in total. The summed E-state index contributed by atoms with van der Waals surface area (Å²) in [6.07, 6.45) is 74.2. The van der Waals surface area contributed by atoms with Gasteiger partial charge in [-0.05, 0) is 83.5 Å². The highest BCUT2D eigenvalue weighted by molar-refractivity contribution is 5.71. The molecule has 0 amide bonds. The molecular formula is C59H98O5.